The standard InChI is InChI=1S/C24H20N4O.C24H17N3O2.C23H17N3O2/c1-18-5-2-3-8-23(18)27-21-6-4-7-22(14-21)29-24-13-19(9-10-20(24)15-25)16-28-12-11-26-17-28;25-15-20-11-10-18(16-27-13-12-26-17-27)14-23(20)29-22-9-5-4-8-21(22)24(28)19-6-2-1-3-7-19;24-15-19-10-9-18(16-26-12-11-25-17-26)13-23(19)28-22-8-4-7-21(14-22)27-20-5-2-1-3-6-20/h2-14,17,27H,16H2,1H3;1-14,17H,16H2;1-14,17H,16H2. The second-order valence-corrected chi connectivity index (χ2v) is 19.4. The van der Waals surface area contributed by atoms with E-state index in [0.29, 0.717) is 87.7 Å². The Kier molecular flexibility index (Phi) is 18.9. The summed E-state index contributed by atoms with van der Waals surface area (Å²) in [5, 5.41) is 31.8. The van der Waals surface area contributed by atoms with Crippen LogP contribution in [0.15, 0.2) is 268 Å². The molecule has 0 fully saturated rings. The highest BCUT2D eigenvalue weighted by Gasteiger charge is 2.17. The Balaban J connectivity index is 0.000000143. The number of imidazole rings is 3. The Morgan fingerprint density at radius 2 is 0.872 bits per heavy atom. The zero-order chi connectivity index (χ0) is 59.3. The van der Waals surface area contributed by atoms with Crippen LogP contribution in [-0.4, -0.2) is 34.4 Å². The van der Waals surface area contributed by atoms with Crippen molar-refractivity contribution in [2.24, 2.45) is 0 Å². The molecule has 0 amide bonds. The van der Waals surface area contributed by atoms with Crippen LogP contribution in [0.3, 0.4) is 0 Å². The van der Waals surface area contributed by atoms with E-state index in [1.807, 2.05) is 178 Å². The van der Waals surface area contributed by atoms with E-state index >= 15 is 0 Å². The molecule has 0 aliphatic rings. The molecular formula is C71H54N10O5. The highest BCUT2D eigenvalue weighted by Crippen LogP contribution is 2.34. The predicted octanol–water partition coefficient (Wildman–Crippen LogP) is 15.9. The molecule has 12 aromatic rings. The van der Waals surface area contributed by atoms with Gasteiger partial charge in [0.05, 0.1) is 41.2 Å². The summed E-state index contributed by atoms with van der Waals surface area (Å²) in [5.74, 6) is 4.43. The van der Waals surface area contributed by atoms with Crippen LogP contribution in [0.5, 0.6) is 46.0 Å². The topological polar surface area (TPSA) is 191 Å². The molecule has 0 spiro atoms. The van der Waals surface area contributed by atoms with Crippen LogP contribution < -0.4 is 24.3 Å². The first-order valence-corrected chi connectivity index (χ1v) is 27.2. The lowest BCUT2D eigenvalue weighted by atomic mass is 10.0. The molecule has 12 rings (SSSR count). The average molecular weight is 1130 g/mol. The molecule has 15 nitrogen and oxygen atoms in total. The lowest BCUT2D eigenvalue weighted by Gasteiger charge is -2.13. The molecule has 0 saturated heterocycles. The Morgan fingerprint density at radius 1 is 0.430 bits per heavy atom. The maximum atomic E-state index is 12.9. The van der Waals surface area contributed by atoms with Gasteiger partial charge in [-0.25, -0.2) is 15.0 Å². The summed E-state index contributed by atoms with van der Waals surface area (Å²) in [5.41, 5.74) is 8.55. The summed E-state index contributed by atoms with van der Waals surface area (Å²) in [6.45, 7) is 3.98. The fraction of sp³-hybridized carbons (Fsp3) is 0.0563. The van der Waals surface area contributed by atoms with Crippen LogP contribution in [0.1, 0.15) is 54.9 Å². The first-order valence-electron chi connectivity index (χ1n) is 27.2. The summed E-state index contributed by atoms with van der Waals surface area (Å²) < 4.78 is 29.9. The van der Waals surface area contributed by atoms with Gasteiger partial charge in [-0.2, -0.15) is 15.8 Å². The molecule has 0 bridgehead atoms. The highest BCUT2D eigenvalue weighted by atomic mass is 16.5. The molecule has 418 valence electrons. The number of nitriles is 3. The summed E-state index contributed by atoms with van der Waals surface area (Å²) in [6.07, 6.45) is 16.1. The lowest BCUT2D eigenvalue weighted by molar-refractivity contribution is 0.103. The van der Waals surface area contributed by atoms with Crippen LogP contribution in [0.25, 0.3) is 0 Å². The molecule has 86 heavy (non-hydrogen) atoms. The van der Waals surface area contributed by atoms with Crippen molar-refractivity contribution in [3.8, 4) is 64.2 Å². The molecule has 3 aromatic heterocycles. The molecule has 0 radical (unpaired) electrons. The number of aryl methyl sites for hydroxylation is 1. The van der Waals surface area contributed by atoms with Gasteiger partial charge in [-0.1, -0.05) is 109 Å². The largest absolute Gasteiger partial charge is 0.457 e. The zero-order valence-electron chi connectivity index (χ0n) is 46.6. The molecule has 3 heterocycles. The quantitative estimate of drug-likeness (QED) is 0.0801. The fourth-order valence-corrected chi connectivity index (χ4v) is 8.89. The van der Waals surface area contributed by atoms with Gasteiger partial charge >= 0.3 is 0 Å². The van der Waals surface area contributed by atoms with Gasteiger partial charge in [-0.15, -0.1) is 0 Å². The number of nitrogens with one attached hydrogen (secondary N) is 1. The van der Waals surface area contributed by atoms with E-state index in [9.17, 15) is 20.6 Å². The minimum atomic E-state index is -0.130. The molecule has 1 N–H and O–H groups in total. The van der Waals surface area contributed by atoms with E-state index < -0.39 is 0 Å². The maximum absolute atomic E-state index is 12.9. The van der Waals surface area contributed by atoms with Crippen LogP contribution in [-0.2, 0) is 19.6 Å². The van der Waals surface area contributed by atoms with Crippen molar-refractivity contribution in [2.75, 3.05) is 5.32 Å². The Hall–Kier alpha value is -12.3. The van der Waals surface area contributed by atoms with Crippen molar-refractivity contribution in [1.82, 2.24) is 28.7 Å². The number of nitrogens with zero attached hydrogens (tertiary/aromatic N) is 9. The second-order valence-electron chi connectivity index (χ2n) is 19.4. The predicted molar refractivity (Wildman–Crippen MR) is 328 cm³/mol. The van der Waals surface area contributed by atoms with Crippen molar-refractivity contribution in [3.05, 3.63) is 319 Å². The zero-order valence-corrected chi connectivity index (χ0v) is 46.6. The number of para-hydroxylation sites is 3. The van der Waals surface area contributed by atoms with Crippen molar-refractivity contribution in [3.63, 3.8) is 0 Å². The van der Waals surface area contributed by atoms with Crippen LogP contribution in [0.4, 0.5) is 11.4 Å². The van der Waals surface area contributed by atoms with E-state index in [2.05, 4.69) is 51.5 Å². The van der Waals surface area contributed by atoms with Gasteiger partial charge in [0, 0.05) is 85.9 Å². The molecule has 0 atom stereocenters. The van der Waals surface area contributed by atoms with Crippen LogP contribution >= 0.6 is 0 Å². The normalized spacial score (nSPS) is 10.3. The molecule has 0 unspecified atom stereocenters. The molecule has 0 aliphatic heterocycles. The van der Waals surface area contributed by atoms with Crippen molar-refractivity contribution >= 4 is 17.2 Å². The van der Waals surface area contributed by atoms with E-state index in [1.54, 1.807) is 98.2 Å². The van der Waals surface area contributed by atoms with Gasteiger partial charge in [0.25, 0.3) is 0 Å². The number of aromatic nitrogens is 6. The first-order chi connectivity index (χ1) is 42.2. The maximum Gasteiger partial charge on any atom is 0.196 e. The van der Waals surface area contributed by atoms with Crippen molar-refractivity contribution < 1.29 is 23.7 Å². The fourth-order valence-electron chi connectivity index (χ4n) is 8.89. The number of ketones is 1. The minimum Gasteiger partial charge on any atom is -0.457 e. The van der Waals surface area contributed by atoms with Gasteiger partial charge in [-0.3, -0.25) is 4.79 Å². The van der Waals surface area contributed by atoms with E-state index in [0.717, 1.165) is 39.4 Å². The second kappa shape index (κ2) is 28.4. The monoisotopic (exact) mass is 1130 g/mol. The third-order valence-electron chi connectivity index (χ3n) is 13.2. The van der Waals surface area contributed by atoms with E-state index in [1.165, 1.54) is 0 Å². The third kappa shape index (κ3) is 15.6. The number of rotatable bonds is 18. The number of carbonyl (C=O) groups excluding carboxylic acids is 1. The summed E-state index contributed by atoms with van der Waals surface area (Å²) >= 11 is 0. The SMILES string of the molecule is Cc1ccccc1Nc1cccc(Oc2cc(Cn3ccnc3)ccc2C#N)c1.N#Cc1ccc(Cn2ccnc2)cc1Oc1cccc(Oc2ccccc2)c1.N#Cc1ccc(Cn2ccnc2)cc1Oc1ccccc1C(=O)c1ccccc1. The molecule has 0 saturated carbocycles. The van der Waals surface area contributed by atoms with Gasteiger partial charge in [0.1, 0.15) is 64.2 Å². The number of ether oxygens (including phenoxy) is 4. The van der Waals surface area contributed by atoms with Crippen LogP contribution in [0, 0.1) is 40.9 Å². The highest BCUT2D eigenvalue weighted by molar-refractivity contribution is 6.10. The third-order valence-corrected chi connectivity index (χ3v) is 13.2. The number of benzene rings is 9. The van der Waals surface area contributed by atoms with Gasteiger partial charge in [-0.05, 0) is 120 Å². The number of hydrogen-bond acceptors (Lipinski definition) is 12. The summed E-state index contributed by atoms with van der Waals surface area (Å²) in [6, 6.07) is 72.0. The summed E-state index contributed by atoms with van der Waals surface area (Å²) in [4.78, 5) is 25.1. The van der Waals surface area contributed by atoms with Gasteiger partial charge in [0.15, 0.2) is 5.78 Å². The smallest absolute Gasteiger partial charge is 0.196 e. The van der Waals surface area contributed by atoms with Gasteiger partial charge < -0.3 is 38.0 Å². The molecular weight excluding hydrogens is 1070 g/mol. The Bertz CT molecular complexity index is 4320. The lowest BCUT2D eigenvalue weighted by Crippen LogP contribution is -2.04. The molecule has 9 aromatic carbocycles. The number of hydrogen-bond donors (Lipinski definition) is 1. The van der Waals surface area contributed by atoms with Crippen LogP contribution in [0.2, 0.25) is 0 Å². The summed E-state index contributed by atoms with van der Waals surface area (Å²) in [7, 11) is 0. The van der Waals surface area contributed by atoms with E-state index in [4.69, 9.17) is 18.9 Å². The minimum absolute atomic E-state index is 0.130. The van der Waals surface area contributed by atoms with Crippen molar-refractivity contribution in [1.29, 1.82) is 15.8 Å². The molecule has 0 aliphatic carbocycles. The molecule has 15 heteroatoms. The van der Waals surface area contributed by atoms with Crippen molar-refractivity contribution in [2.45, 2.75) is 26.6 Å². The Morgan fingerprint density at radius 3 is 1.38 bits per heavy atom. The van der Waals surface area contributed by atoms with Gasteiger partial charge in [0.2, 0.25) is 0 Å². The number of anilines is 2. The number of carbonyl (C=O) groups is 1. The average Bonchev–Trinajstić information content (AvgIpc) is 4.33. The Labute approximate surface area is 497 Å². The first kappa shape index (κ1) is 57.0. The van der Waals surface area contributed by atoms with E-state index in [-0.39, 0.29) is 5.78 Å².